The third-order valence-electron chi connectivity index (χ3n) is 2.97. The second kappa shape index (κ2) is 6.85. The van der Waals surface area contributed by atoms with Crippen molar-refractivity contribution in [3.8, 4) is 5.75 Å². The molecule has 4 heteroatoms. The molecule has 0 bridgehead atoms. The van der Waals surface area contributed by atoms with Gasteiger partial charge in [-0.2, -0.15) is 0 Å². The molecule has 2 atom stereocenters. The molecule has 0 radical (unpaired) electrons. The molecule has 1 heterocycles. The molecule has 1 N–H and O–H groups in total. The SMILES string of the molecule is Cc1cccc(OCCN=C2NC(C)CC(C)S2)c1. The fraction of sp³-hybridized carbons (Fsp3) is 0.533. The van der Waals surface area contributed by atoms with Crippen molar-refractivity contribution in [2.45, 2.75) is 38.5 Å². The van der Waals surface area contributed by atoms with Gasteiger partial charge in [0.1, 0.15) is 12.4 Å². The predicted molar refractivity (Wildman–Crippen MR) is 83.2 cm³/mol. The number of nitrogens with one attached hydrogen (secondary N) is 1. The number of rotatable bonds is 4. The number of hydrogen-bond acceptors (Lipinski definition) is 3. The molecule has 1 fully saturated rings. The minimum atomic E-state index is 0.521. The molecule has 1 aromatic rings. The van der Waals surface area contributed by atoms with Gasteiger partial charge in [-0.15, -0.1) is 0 Å². The number of benzene rings is 1. The highest BCUT2D eigenvalue weighted by atomic mass is 32.2. The number of hydrogen-bond donors (Lipinski definition) is 1. The van der Waals surface area contributed by atoms with E-state index in [0.717, 1.165) is 10.9 Å². The van der Waals surface area contributed by atoms with Crippen LogP contribution in [0.3, 0.4) is 0 Å². The fourth-order valence-electron chi connectivity index (χ4n) is 2.14. The summed E-state index contributed by atoms with van der Waals surface area (Å²) in [6.45, 7) is 7.84. The van der Waals surface area contributed by atoms with Crippen LogP contribution in [0.15, 0.2) is 29.3 Å². The normalized spacial score (nSPS) is 25.1. The van der Waals surface area contributed by atoms with Gasteiger partial charge in [0, 0.05) is 11.3 Å². The minimum absolute atomic E-state index is 0.521. The van der Waals surface area contributed by atoms with Gasteiger partial charge in [-0.1, -0.05) is 30.8 Å². The molecule has 1 aliphatic heterocycles. The molecule has 0 aromatic heterocycles. The Hall–Kier alpha value is -1.16. The van der Waals surface area contributed by atoms with Gasteiger partial charge >= 0.3 is 0 Å². The number of aliphatic imine (C=N–C) groups is 1. The van der Waals surface area contributed by atoms with E-state index in [1.807, 2.05) is 30.0 Å². The van der Waals surface area contributed by atoms with Crippen LogP contribution in [0.1, 0.15) is 25.8 Å². The number of nitrogens with zero attached hydrogens (tertiary/aromatic N) is 1. The summed E-state index contributed by atoms with van der Waals surface area (Å²) in [6.07, 6.45) is 1.20. The third kappa shape index (κ3) is 4.78. The maximum Gasteiger partial charge on any atom is 0.157 e. The molecule has 0 aliphatic carbocycles. The van der Waals surface area contributed by atoms with Crippen LogP contribution in [0.25, 0.3) is 0 Å². The first kappa shape index (κ1) is 14.3. The molecule has 1 aromatic carbocycles. The van der Waals surface area contributed by atoms with Gasteiger partial charge in [-0.05, 0) is 38.0 Å². The lowest BCUT2D eigenvalue weighted by molar-refractivity contribution is 0.328. The van der Waals surface area contributed by atoms with Gasteiger partial charge < -0.3 is 10.1 Å². The maximum absolute atomic E-state index is 5.69. The molecule has 19 heavy (non-hydrogen) atoms. The summed E-state index contributed by atoms with van der Waals surface area (Å²) in [5.74, 6) is 0.922. The van der Waals surface area contributed by atoms with Crippen molar-refractivity contribution in [2.24, 2.45) is 4.99 Å². The highest BCUT2D eigenvalue weighted by Gasteiger charge is 2.19. The van der Waals surface area contributed by atoms with E-state index >= 15 is 0 Å². The Kier molecular flexibility index (Phi) is 5.14. The van der Waals surface area contributed by atoms with Gasteiger partial charge in [0.2, 0.25) is 0 Å². The molecule has 1 saturated heterocycles. The average molecular weight is 278 g/mol. The summed E-state index contributed by atoms with van der Waals surface area (Å²) in [5.41, 5.74) is 1.22. The summed E-state index contributed by atoms with van der Waals surface area (Å²) in [5, 5.41) is 5.11. The summed E-state index contributed by atoms with van der Waals surface area (Å²) < 4.78 is 5.69. The number of thioether (sulfide) groups is 1. The van der Waals surface area contributed by atoms with Crippen LogP contribution in [0, 0.1) is 6.92 Å². The number of amidine groups is 1. The molecule has 104 valence electrons. The topological polar surface area (TPSA) is 33.6 Å². The molecular formula is C15H22N2OS. The Morgan fingerprint density at radius 2 is 2.26 bits per heavy atom. The second-order valence-electron chi connectivity index (χ2n) is 5.06. The van der Waals surface area contributed by atoms with E-state index in [1.54, 1.807) is 0 Å². The van der Waals surface area contributed by atoms with Crippen molar-refractivity contribution in [1.82, 2.24) is 5.32 Å². The fourth-order valence-corrected chi connectivity index (χ4v) is 3.34. The standard InChI is InChI=1S/C15H22N2OS/c1-11-5-4-6-14(9-11)18-8-7-16-15-17-12(2)10-13(3)19-15/h4-6,9,12-13H,7-8,10H2,1-3H3,(H,16,17). The Bertz CT molecular complexity index is 436. The summed E-state index contributed by atoms with van der Waals surface area (Å²) >= 11 is 1.82. The van der Waals surface area contributed by atoms with Crippen molar-refractivity contribution in [1.29, 1.82) is 0 Å². The molecule has 0 amide bonds. The average Bonchev–Trinajstić information content (AvgIpc) is 2.34. The smallest absolute Gasteiger partial charge is 0.157 e. The number of ether oxygens (including phenoxy) is 1. The van der Waals surface area contributed by atoms with Gasteiger partial charge in [-0.25, -0.2) is 0 Å². The van der Waals surface area contributed by atoms with E-state index in [-0.39, 0.29) is 0 Å². The van der Waals surface area contributed by atoms with Crippen molar-refractivity contribution in [2.75, 3.05) is 13.2 Å². The lowest BCUT2D eigenvalue weighted by atomic mass is 10.2. The molecule has 3 nitrogen and oxygen atoms in total. The third-order valence-corrected chi connectivity index (χ3v) is 4.04. The van der Waals surface area contributed by atoms with Crippen molar-refractivity contribution < 1.29 is 4.74 Å². The zero-order valence-electron chi connectivity index (χ0n) is 11.8. The summed E-state index contributed by atoms with van der Waals surface area (Å²) in [4.78, 5) is 4.57. The monoisotopic (exact) mass is 278 g/mol. The Morgan fingerprint density at radius 3 is 3.00 bits per heavy atom. The van der Waals surface area contributed by atoms with E-state index in [2.05, 4.69) is 37.1 Å². The van der Waals surface area contributed by atoms with Gasteiger partial charge in [-0.3, -0.25) is 4.99 Å². The van der Waals surface area contributed by atoms with Gasteiger partial charge in [0.05, 0.1) is 6.54 Å². The van der Waals surface area contributed by atoms with E-state index < -0.39 is 0 Å². The molecule has 0 spiro atoms. The highest BCUT2D eigenvalue weighted by Crippen LogP contribution is 2.22. The molecule has 2 rings (SSSR count). The van der Waals surface area contributed by atoms with Crippen LogP contribution in [0.5, 0.6) is 5.75 Å². The highest BCUT2D eigenvalue weighted by molar-refractivity contribution is 8.14. The van der Waals surface area contributed by atoms with Crippen LogP contribution >= 0.6 is 11.8 Å². The molecule has 0 saturated carbocycles. The molecular weight excluding hydrogens is 256 g/mol. The number of aryl methyl sites for hydroxylation is 1. The lowest BCUT2D eigenvalue weighted by Crippen LogP contribution is -2.38. The van der Waals surface area contributed by atoms with E-state index in [0.29, 0.717) is 24.4 Å². The summed E-state index contributed by atoms with van der Waals surface area (Å²) in [7, 11) is 0. The summed E-state index contributed by atoms with van der Waals surface area (Å²) in [6, 6.07) is 8.63. The maximum atomic E-state index is 5.69. The largest absolute Gasteiger partial charge is 0.492 e. The zero-order chi connectivity index (χ0) is 13.7. The van der Waals surface area contributed by atoms with E-state index in [4.69, 9.17) is 4.74 Å². The Labute approximate surface area is 119 Å². The van der Waals surface area contributed by atoms with E-state index in [1.165, 1.54) is 12.0 Å². The van der Waals surface area contributed by atoms with Crippen molar-refractivity contribution in [3.05, 3.63) is 29.8 Å². The minimum Gasteiger partial charge on any atom is -0.492 e. The Morgan fingerprint density at radius 1 is 1.42 bits per heavy atom. The first-order chi connectivity index (χ1) is 9.13. The van der Waals surface area contributed by atoms with Crippen molar-refractivity contribution in [3.63, 3.8) is 0 Å². The second-order valence-corrected chi connectivity index (χ2v) is 6.49. The predicted octanol–water partition coefficient (Wildman–Crippen LogP) is 3.23. The van der Waals surface area contributed by atoms with Crippen LogP contribution in [-0.2, 0) is 0 Å². The van der Waals surface area contributed by atoms with E-state index in [9.17, 15) is 0 Å². The lowest BCUT2D eigenvalue weighted by Gasteiger charge is -2.26. The molecule has 1 aliphatic rings. The first-order valence-corrected chi connectivity index (χ1v) is 7.68. The van der Waals surface area contributed by atoms with Crippen LogP contribution in [-0.4, -0.2) is 29.6 Å². The van der Waals surface area contributed by atoms with Crippen LogP contribution in [0.2, 0.25) is 0 Å². The first-order valence-electron chi connectivity index (χ1n) is 6.80. The van der Waals surface area contributed by atoms with Gasteiger partial charge in [0.15, 0.2) is 5.17 Å². The van der Waals surface area contributed by atoms with Crippen LogP contribution < -0.4 is 10.1 Å². The quantitative estimate of drug-likeness (QED) is 0.859. The van der Waals surface area contributed by atoms with Crippen LogP contribution in [0.4, 0.5) is 0 Å². The zero-order valence-corrected chi connectivity index (χ0v) is 12.7. The van der Waals surface area contributed by atoms with Crippen molar-refractivity contribution >= 4 is 16.9 Å². The van der Waals surface area contributed by atoms with Gasteiger partial charge in [0.25, 0.3) is 0 Å². The molecule has 2 unspecified atom stereocenters. The Balaban J connectivity index is 1.77.